The average Bonchev–Trinajstić information content (AvgIpc) is 3.02. The number of carbonyl (C=O) groups excluding carboxylic acids is 1. The Balaban J connectivity index is 1.90. The molecule has 1 aromatic heterocycles. The van der Waals surface area contributed by atoms with Crippen molar-refractivity contribution >= 4 is 50.1 Å². The Morgan fingerprint density at radius 1 is 1.10 bits per heavy atom. The van der Waals surface area contributed by atoms with E-state index in [-0.39, 0.29) is 5.91 Å². The van der Waals surface area contributed by atoms with Gasteiger partial charge in [-0.3, -0.25) is 4.79 Å². The Hall–Kier alpha value is -2.33. The number of rotatable bonds is 1. The zero-order valence-electron chi connectivity index (χ0n) is 11.0. The lowest BCUT2D eigenvalue weighted by molar-refractivity contribution is -0.110. The molecule has 1 amide bonds. The number of fused-ring (bicyclic) bond motifs is 2. The summed E-state index contributed by atoms with van der Waals surface area (Å²) in [5.74, 6) is -0.0617. The van der Waals surface area contributed by atoms with Crippen molar-refractivity contribution in [3.8, 4) is 0 Å². The van der Waals surface area contributed by atoms with E-state index < -0.39 is 0 Å². The molecule has 1 aliphatic rings. The van der Waals surface area contributed by atoms with Crippen LogP contribution in [0.5, 0.6) is 0 Å². The monoisotopic (exact) mass is 338 g/mol. The summed E-state index contributed by atoms with van der Waals surface area (Å²) in [5.41, 5.74) is 4.56. The number of aromatic nitrogens is 1. The Bertz CT molecular complexity index is 908. The lowest BCUT2D eigenvalue weighted by Crippen LogP contribution is -2.03. The summed E-state index contributed by atoms with van der Waals surface area (Å²) in [6.07, 6.45) is 3.87. The molecule has 0 fully saturated rings. The van der Waals surface area contributed by atoms with Crippen LogP contribution in [0.2, 0.25) is 0 Å². The van der Waals surface area contributed by atoms with E-state index in [2.05, 4.69) is 26.2 Å². The van der Waals surface area contributed by atoms with Gasteiger partial charge in [-0.2, -0.15) is 0 Å². The zero-order chi connectivity index (χ0) is 14.4. The summed E-state index contributed by atoms with van der Waals surface area (Å²) < 4.78 is 0.961. The van der Waals surface area contributed by atoms with Crippen molar-refractivity contribution in [1.82, 2.24) is 4.98 Å². The predicted octanol–water partition coefficient (Wildman–Crippen LogP) is 4.42. The van der Waals surface area contributed by atoms with Crippen molar-refractivity contribution in [1.29, 1.82) is 0 Å². The Kier molecular flexibility index (Phi) is 2.72. The van der Waals surface area contributed by atoms with Crippen molar-refractivity contribution in [2.75, 3.05) is 5.32 Å². The van der Waals surface area contributed by atoms with Crippen molar-refractivity contribution < 1.29 is 4.79 Å². The van der Waals surface area contributed by atoms with Crippen LogP contribution in [0.4, 0.5) is 5.69 Å². The molecular formula is C17H11BrN2O. The van der Waals surface area contributed by atoms with Crippen LogP contribution in [0.25, 0.3) is 22.6 Å². The number of benzene rings is 2. The van der Waals surface area contributed by atoms with Crippen LogP contribution in [0, 0.1) is 0 Å². The minimum Gasteiger partial charge on any atom is -0.361 e. The molecule has 21 heavy (non-hydrogen) atoms. The molecule has 1 aliphatic heterocycles. The number of halogens is 1. The van der Waals surface area contributed by atoms with Gasteiger partial charge in [-0.15, -0.1) is 0 Å². The fraction of sp³-hybridized carbons (Fsp3) is 0. The van der Waals surface area contributed by atoms with Crippen LogP contribution in [-0.2, 0) is 4.79 Å². The summed E-state index contributed by atoms with van der Waals surface area (Å²) in [4.78, 5) is 15.4. The summed E-state index contributed by atoms with van der Waals surface area (Å²) in [7, 11) is 0. The summed E-state index contributed by atoms with van der Waals surface area (Å²) in [6.45, 7) is 0. The van der Waals surface area contributed by atoms with Crippen molar-refractivity contribution in [3.05, 3.63) is 64.3 Å². The highest BCUT2D eigenvalue weighted by atomic mass is 79.9. The second-order valence-electron chi connectivity index (χ2n) is 4.99. The highest BCUT2D eigenvalue weighted by Gasteiger charge is 2.24. The van der Waals surface area contributed by atoms with Gasteiger partial charge in [-0.05, 0) is 30.3 Å². The minimum absolute atomic E-state index is 0.0617. The van der Waals surface area contributed by atoms with E-state index >= 15 is 0 Å². The molecule has 0 aliphatic carbocycles. The summed E-state index contributed by atoms with van der Waals surface area (Å²) in [5, 5.41) is 4.01. The van der Waals surface area contributed by atoms with E-state index in [0.29, 0.717) is 5.57 Å². The number of aromatic amines is 1. The third-order valence-electron chi connectivity index (χ3n) is 3.69. The average molecular weight is 339 g/mol. The van der Waals surface area contributed by atoms with E-state index in [1.807, 2.05) is 54.7 Å². The molecule has 0 saturated heterocycles. The molecule has 102 valence electrons. The van der Waals surface area contributed by atoms with Gasteiger partial charge in [0.15, 0.2) is 0 Å². The van der Waals surface area contributed by atoms with Crippen LogP contribution in [0.3, 0.4) is 0 Å². The molecule has 0 bridgehead atoms. The standard InChI is InChI=1S/C17H11BrN2O/c18-11-5-6-16-13(8-11)14(17(21)20-16)7-10-9-19-15-4-2-1-3-12(10)15/h1-9,19H,(H,20,21)/b14-7-. The fourth-order valence-electron chi connectivity index (χ4n) is 2.67. The first-order chi connectivity index (χ1) is 10.2. The van der Waals surface area contributed by atoms with Crippen molar-refractivity contribution in [2.45, 2.75) is 0 Å². The van der Waals surface area contributed by atoms with Gasteiger partial charge in [0.1, 0.15) is 0 Å². The second-order valence-corrected chi connectivity index (χ2v) is 5.91. The smallest absolute Gasteiger partial charge is 0.256 e. The Morgan fingerprint density at radius 3 is 2.86 bits per heavy atom. The van der Waals surface area contributed by atoms with Gasteiger partial charge in [0.25, 0.3) is 5.91 Å². The molecular weight excluding hydrogens is 328 g/mol. The molecule has 2 heterocycles. The number of H-pyrrole nitrogens is 1. The highest BCUT2D eigenvalue weighted by Crippen LogP contribution is 2.35. The van der Waals surface area contributed by atoms with E-state index in [1.165, 1.54) is 0 Å². The third-order valence-corrected chi connectivity index (χ3v) is 4.18. The first-order valence-corrected chi connectivity index (χ1v) is 7.41. The predicted molar refractivity (Wildman–Crippen MR) is 88.9 cm³/mol. The molecule has 2 aromatic carbocycles. The zero-order valence-corrected chi connectivity index (χ0v) is 12.6. The summed E-state index contributed by atoms with van der Waals surface area (Å²) in [6, 6.07) is 13.9. The van der Waals surface area contributed by atoms with E-state index in [0.717, 1.165) is 32.2 Å². The second kappa shape index (κ2) is 4.60. The first-order valence-electron chi connectivity index (χ1n) is 6.61. The van der Waals surface area contributed by atoms with Gasteiger partial charge < -0.3 is 10.3 Å². The number of amides is 1. The molecule has 4 rings (SSSR count). The topological polar surface area (TPSA) is 44.9 Å². The van der Waals surface area contributed by atoms with Crippen LogP contribution in [-0.4, -0.2) is 10.9 Å². The third kappa shape index (κ3) is 1.99. The molecule has 0 saturated carbocycles. The van der Waals surface area contributed by atoms with Crippen LogP contribution in [0.15, 0.2) is 53.1 Å². The Labute approximate surface area is 129 Å². The first kappa shape index (κ1) is 12.4. The Morgan fingerprint density at radius 2 is 1.95 bits per heavy atom. The van der Waals surface area contributed by atoms with Gasteiger partial charge in [-0.25, -0.2) is 0 Å². The maximum atomic E-state index is 12.2. The molecule has 2 N–H and O–H groups in total. The van der Waals surface area contributed by atoms with Gasteiger partial charge >= 0.3 is 0 Å². The maximum absolute atomic E-state index is 12.2. The van der Waals surface area contributed by atoms with Gasteiger partial charge in [0.05, 0.1) is 0 Å². The molecule has 3 nitrogen and oxygen atoms in total. The molecule has 0 radical (unpaired) electrons. The van der Waals surface area contributed by atoms with Gasteiger partial charge in [-0.1, -0.05) is 34.1 Å². The lowest BCUT2D eigenvalue weighted by atomic mass is 10.0. The minimum atomic E-state index is -0.0617. The maximum Gasteiger partial charge on any atom is 0.256 e. The fourth-order valence-corrected chi connectivity index (χ4v) is 3.03. The quantitative estimate of drug-likeness (QED) is 0.633. The molecule has 4 heteroatoms. The van der Waals surface area contributed by atoms with E-state index in [1.54, 1.807) is 0 Å². The number of hydrogen-bond acceptors (Lipinski definition) is 1. The van der Waals surface area contributed by atoms with Crippen molar-refractivity contribution in [3.63, 3.8) is 0 Å². The normalized spacial score (nSPS) is 15.5. The van der Waals surface area contributed by atoms with E-state index in [4.69, 9.17) is 0 Å². The summed E-state index contributed by atoms with van der Waals surface area (Å²) >= 11 is 3.46. The molecule has 0 unspecified atom stereocenters. The lowest BCUT2D eigenvalue weighted by Gasteiger charge is -1.99. The highest BCUT2D eigenvalue weighted by molar-refractivity contribution is 9.10. The van der Waals surface area contributed by atoms with Gasteiger partial charge in [0, 0.05) is 44.0 Å². The largest absolute Gasteiger partial charge is 0.361 e. The SMILES string of the molecule is O=C1Nc2ccc(Br)cc2/C1=C/c1c[nH]c2ccccc12. The molecule has 0 spiro atoms. The van der Waals surface area contributed by atoms with Gasteiger partial charge in [0.2, 0.25) is 0 Å². The molecule has 0 atom stereocenters. The van der Waals surface area contributed by atoms with E-state index in [9.17, 15) is 4.79 Å². The van der Waals surface area contributed by atoms with Crippen LogP contribution >= 0.6 is 15.9 Å². The number of nitrogens with one attached hydrogen (secondary N) is 2. The van der Waals surface area contributed by atoms with Crippen LogP contribution in [0.1, 0.15) is 11.1 Å². The number of hydrogen-bond donors (Lipinski definition) is 2. The molecule has 3 aromatic rings. The van der Waals surface area contributed by atoms with Crippen LogP contribution < -0.4 is 5.32 Å². The number of anilines is 1. The van der Waals surface area contributed by atoms with Crippen molar-refractivity contribution in [2.24, 2.45) is 0 Å². The number of carbonyl (C=O) groups is 1. The number of para-hydroxylation sites is 1.